The summed E-state index contributed by atoms with van der Waals surface area (Å²) in [5.41, 5.74) is 5.55. The first-order valence-corrected chi connectivity index (χ1v) is 12.4. The summed E-state index contributed by atoms with van der Waals surface area (Å²) in [6.45, 7) is 8.47. The summed E-state index contributed by atoms with van der Waals surface area (Å²) in [7, 11) is 0. The van der Waals surface area contributed by atoms with Gasteiger partial charge in [-0.15, -0.1) is 11.3 Å². The molecule has 0 radical (unpaired) electrons. The summed E-state index contributed by atoms with van der Waals surface area (Å²) in [5, 5.41) is 3.97. The summed E-state index contributed by atoms with van der Waals surface area (Å²) < 4.78 is 0. The molecule has 1 aromatic heterocycles. The van der Waals surface area contributed by atoms with E-state index in [0.717, 1.165) is 45.0 Å². The number of rotatable bonds is 5. The van der Waals surface area contributed by atoms with Crippen molar-refractivity contribution in [1.82, 2.24) is 15.2 Å². The molecule has 1 N–H and O–H groups in total. The number of nitrogens with one attached hydrogen (secondary N) is 1. The van der Waals surface area contributed by atoms with Crippen LogP contribution in [0.3, 0.4) is 0 Å². The number of aromatic nitrogens is 1. The summed E-state index contributed by atoms with van der Waals surface area (Å²) in [6, 6.07) is 14.4. The van der Waals surface area contributed by atoms with Crippen LogP contribution in [0.15, 0.2) is 42.5 Å². The summed E-state index contributed by atoms with van der Waals surface area (Å²) >= 11 is 1.57. The zero-order valence-electron chi connectivity index (χ0n) is 19.5. The van der Waals surface area contributed by atoms with Crippen molar-refractivity contribution in [2.24, 2.45) is 5.92 Å². The van der Waals surface area contributed by atoms with Crippen LogP contribution in [0.1, 0.15) is 55.4 Å². The molecule has 0 bridgehead atoms. The van der Waals surface area contributed by atoms with Gasteiger partial charge in [-0.25, -0.2) is 4.98 Å². The van der Waals surface area contributed by atoms with E-state index in [1.807, 2.05) is 49.9 Å². The van der Waals surface area contributed by atoms with E-state index in [1.165, 1.54) is 0 Å². The molecule has 1 aliphatic heterocycles. The highest BCUT2D eigenvalue weighted by molar-refractivity contribution is 7.15. The van der Waals surface area contributed by atoms with Crippen LogP contribution in [0.5, 0.6) is 0 Å². The highest BCUT2D eigenvalue weighted by Gasteiger charge is 2.54. The maximum atomic E-state index is 13.7. The minimum Gasteiger partial charge on any atom is -0.350 e. The third kappa shape index (κ3) is 4.32. The van der Waals surface area contributed by atoms with Crippen LogP contribution >= 0.6 is 11.3 Å². The van der Waals surface area contributed by atoms with Gasteiger partial charge in [-0.3, -0.25) is 9.59 Å². The monoisotopic (exact) mass is 459 g/mol. The Hall–Kier alpha value is -2.99. The molecule has 3 atom stereocenters. The van der Waals surface area contributed by atoms with Crippen LogP contribution in [0.4, 0.5) is 0 Å². The molecular formula is C27H29N3O2S. The Morgan fingerprint density at radius 3 is 2.52 bits per heavy atom. The molecule has 6 heteroatoms. The highest BCUT2D eigenvalue weighted by Crippen LogP contribution is 2.48. The maximum Gasteiger partial charge on any atom is 0.274 e. The fourth-order valence-corrected chi connectivity index (χ4v) is 6.06. The second-order valence-corrected chi connectivity index (χ2v) is 10.7. The molecule has 0 spiro atoms. The van der Waals surface area contributed by atoms with Gasteiger partial charge in [-0.1, -0.05) is 47.0 Å². The van der Waals surface area contributed by atoms with E-state index in [-0.39, 0.29) is 23.9 Å². The number of aryl methyl sites for hydroxylation is 4. The van der Waals surface area contributed by atoms with E-state index in [9.17, 15) is 9.59 Å². The molecular weight excluding hydrogens is 430 g/mol. The predicted molar refractivity (Wildman–Crippen MR) is 132 cm³/mol. The number of nitrogens with zero attached hydrogens (tertiary/aromatic N) is 2. The third-order valence-electron chi connectivity index (χ3n) is 6.64. The number of carbonyl (C=O) groups excluding carboxylic acids is 2. The van der Waals surface area contributed by atoms with Crippen molar-refractivity contribution in [3.63, 3.8) is 0 Å². The van der Waals surface area contributed by atoms with Crippen molar-refractivity contribution in [3.05, 3.63) is 75.4 Å². The number of hydrogen-bond acceptors (Lipinski definition) is 4. The van der Waals surface area contributed by atoms with E-state index >= 15 is 0 Å². The molecule has 2 amide bonds. The SMILES string of the molecule is Cc1cc(C)cc(C(=O)NC[C@@H]2C[C@@H]3CC3N2C(=O)c2nc(C)sc2-c2cccc(C)c2)c1. The lowest BCUT2D eigenvalue weighted by molar-refractivity contribution is 0.0684. The Morgan fingerprint density at radius 1 is 1.03 bits per heavy atom. The molecule has 170 valence electrons. The minimum absolute atomic E-state index is 0.00321. The normalized spacial score (nSPS) is 21.1. The quantitative estimate of drug-likeness (QED) is 0.579. The Morgan fingerprint density at radius 2 is 1.79 bits per heavy atom. The molecule has 2 aromatic carbocycles. The van der Waals surface area contributed by atoms with E-state index in [4.69, 9.17) is 0 Å². The van der Waals surface area contributed by atoms with E-state index in [1.54, 1.807) is 11.3 Å². The topological polar surface area (TPSA) is 62.3 Å². The van der Waals surface area contributed by atoms with Crippen LogP contribution in [0.2, 0.25) is 0 Å². The summed E-state index contributed by atoms with van der Waals surface area (Å²) in [4.78, 5) is 34.1. The number of piperidine rings is 1. The second-order valence-electron chi connectivity index (χ2n) is 9.53. The third-order valence-corrected chi connectivity index (χ3v) is 7.66. The van der Waals surface area contributed by atoms with Crippen molar-refractivity contribution in [3.8, 4) is 10.4 Å². The first-order valence-electron chi connectivity index (χ1n) is 11.5. The van der Waals surface area contributed by atoms with Crippen molar-refractivity contribution in [2.75, 3.05) is 6.54 Å². The lowest BCUT2D eigenvalue weighted by Crippen LogP contribution is -2.45. The second kappa shape index (κ2) is 8.41. The molecule has 5 nitrogen and oxygen atoms in total. The molecule has 1 aliphatic carbocycles. The Balaban J connectivity index is 1.36. The van der Waals surface area contributed by atoms with Gasteiger partial charge in [-0.05, 0) is 64.2 Å². The fraction of sp³-hybridized carbons (Fsp3) is 0.370. The summed E-state index contributed by atoms with van der Waals surface area (Å²) in [6.07, 6.45) is 1.99. The lowest BCUT2D eigenvalue weighted by atomic mass is 10.1. The Labute approximate surface area is 198 Å². The van der Waals surface area contributed by atoms with Gasteiger partial charge < -0.3 is 10.2 Å². The smallest absolute Gasteiger partial charge is 0.274 e. The van der Waals surface area contributed by atoms with Gasteiger partial charge >= 0.3 is 0 Å². The summed E-state index contributed by atoms with van der Waals surface area (Å²) in [5.74, 6) is 0.449. The number of thiazole rings is 1. The molecule has 5 rings (SSSR count). The Bertz CT molecular complexity index is 1230. The zero-order valence-corrected chi connectivity index (χ0v) is 20.3. The average Bonchev–Trinajstić information content (AvgIpc) is 3.25. The highest BCUT2D eigenvalue weighted by atomic mass is 32.1. The van der Waals surface area contributed by atoms with Gasteiger partial charge in [0.25, 0.3) is 11.8 Å². The number of amides is 2. The van der Waals surface area contributed by atoms with Crippen molar-refractivity contribution in [2.45, 2.75) is 52.6 Å². The first kappa shape index (κ1) is 21.8. The molecule has 33 heavy (non-hydrogen) atoms. The van der Waals surface area contributed by atoms with Crippen molar-refractivity contribution < 1.29 is 9.59 Å². The standard InChI is InChI=1S/C27H29N3O2S/c1-15-6-5-7-19(9-15)25-24(29-18(4)33-25)27(32)30-22(12-20-13-23(20)30)14-28-26(31)21-10-16(2)8-17(3)11-21/h5-11,20,22-23H,12-14H2,1-4H3,(H,28,31)/t20-,22+,23?/m1/s1. The molecule has 1 unspecified atom stereocenters. The van der Waals surface area contributed by atoms with Gasteiger partial charge in [-0.2, -0.15) is 0 Å². The minimum atomic E-state index is -0.0836. The first-order chi connectivity index (χ1) is 15.8. The largest absolute Gasteiger partial charge is 0.350 e. The van der Waals surface area contributed by atoms with Crippen LogP contribution in [-0.4, -0.2) is 40.3 Å². The Kier molecular flexibility index (Phi) is 5.57. The number of fused-ring (bicyclic) bond motifs is 1. The van der Waals surface area contributed by atoms with Crippen LogP contribution in [-0.2, 0) is 0 Å². The lowest BCUT2D eigenvalue weighted by Gasteiger charge is -2.27. The van der Waals surface area contributed by atoms with Crippen LogP contribution < -0.4 is 5.32 Å². The van der Waals surface area contributed by atoms with E-state index < -0.39 is 0 Å². The van der Waals surface area contributed by atoms with Crippen molar-refractivity contribution in [1.29, 1.82) is 0 Å². The molecule has 3 aromatic rings. The fourth-order valence-electron chi connectivity index (χ4n) is 5.15. The maximum absolute atomic E-state index is 13.7. The molecule has 1 saturated carbocycles. The average molecular weight is 460 g/mol. The van der Waals surface area contributed by atoms with Gasteiger partial charge in [0.2, 0.25) is 0 Å². The van der Waals surface area contributed by atoms with Gasteiger partial charge in [0, 0.05) is 18.2 Å². The van der Waals surface area contributed by atoms with Crippen LogP contribution in [0, 0.1) is 33.6 Å². The number of carbonyl (C=O) groups is 2. The number of benzene rings is 2. The molecule has 2 aliphatic rings. The van der Waals surface area contributed by atoms with Gasteiger partial charge in [0.1, 0.15) is 5.69 Å². The van der Waals surface area contributed by atoms with Crippen molar-refractivity contribution >= 4 is 23.2 Å². The van der Waals surface area contributed by atoms with Gasteiger partial charge in [0.05, 0.1) is 15.9 Å². The van der Waals surface area contributed by atoms with E-state index in [2.05, 4.69) is 35.4 Å². The zero-order chi connectivity index (χ0) is 23.3. The van der Waals surface area contributed by atoms with E-state index in [0.29, 0.717) is 23.7 Å². The molecule has 2 fully saturated rings. The molecule has 2 heterocycles. The van der Waals surface area contributed by atoms with Crippen LogP contribution in [0.25, 0.3) is 10.4 Å². The predicted octanol–water partition coefficient (Wildman–Crippen LogP) is 5.08. The number of hydrogen-bond donors (Lipinski definition) is 1. The molecule has 1 saturated heterocycles. The number of likely N-dealkylation sites (tertiary alicyclic amines) is 1. The van der Waals surface area contributed by atoms with Gasteiger partial charge in [0.15, 0.2) is 0 Å².